The Morgan fingerprint density at radius 2 is 1.80 bits per heavy atom. The highest BCUT2D eigenvalue weighted by Gasteiger charge is 2.12. The Labute approximate surface area is 117 Å². The molecule has 0 radical (unpaired) electrons. The molecule has 0 aliphatic carbocycles. The van der Waals surface area contributed by atoms with E-state index in [0.29, 0.717) is 17.8 Å². The average Bonchev–Trinajstić information content (AvgIpc) is 2.97. The number of hydrogen-bond donors (Lipinski definition) is 2. The highest BCUT2D eigenvalue weighted by atomic mass is 16.3. The highest BCUT2D eigenvalue weighted by molar-refractivity contribution is 6.03. The minimum Gasteiger partial charge on any atom is -0.459 e. The first-order valence-corrected chi connectivity index (χ1v) is 6.36. The predicted octanol–water partition coefficient (Wildman–Crippen LogP) is 3.19. The molecule has 1 heterocycles. The van der Waals surface area contributed by atoms with Crippen LogP contribution in [0, 0.1) is 6.92 Å². The molecule has 104 valence electrons. The molecule has 1 aromatic heterocycles. The van der Waals surface area contributed by atoms with Crippen molar-refractivity contribution >= 4 is 23.2 Å². The number of anilines is 2. The first-order valence-electron chi connectivity index (χ1n) is 6.36. The summed E-state index contributed by atoms with van der Waals surface area (Å²) in [7, 11) is 0. The topological polar surface area (TPSA) is 71.3 Å². The van der Waals surface area contributed by atoms with Crippen LogP contribution in [-0.4, -0.2) is 11.8 Å². The Morgan fingerprint density at radius 1 is 1.10 bits per heavy atom. The molecule has 5 nitrogen and oxygen atoms in total. The van der Waals surface area contributed by atoms with Gasteiger partial charge in [-0.1, -0.05) is 13.0 Å². The summed E-state index contributed by atoms with van der Waals surface area (Å²) >= 11 is 0. The van der Waals surface area contributed by atoms with Crippen molar-refractivity contribution in [1.29, 1.82) is 0 Å². The van der Waals surface area contributed by atoms with Crippen LogP contribution in [0.4, 0.5) is 11.4 Å². The van der Waals surface area contributed by atoms with Gasteiger partial charge in [0, 0.05) is 17.8 Å². The van der Waals surface area contributed by atoms with Gasteiger partial charge in [-0.05, 0) is 36.8 Å². The SMILES string of the molecule is CCC(=O)Nc1cccc(NC(=O)c2ccco2)c1C. The van der Waals surface area contributed by atoms with Gasteiger partial charge in [-0.3, -0.25) is 9.59 Å². The third-order valence-corrected chi connectivity index (χ3v) is 2.92. The second-order valence-corrected chi connectivity index (χ2v) is 4.31. The minimum atomic E-state index is -0.322. The third-order valence-electron chi connectivity index (χ3n) is 2.92. The molecular formula is C15H16N2O3. The van der Waals surface area contributed by atoms with E-state index < -0.39 is 0 Å². The summed E-state index contributed by atoms with van der Waals surface area (Å²) in [6, 6.07) is 8.59. The summed E-state index contributed by atoms with van der Waals surface area (Å²) in [6.45, 7) is 3.62. The molecule has 0 saturated carbocycles. The number of nitrogens with one attached hydrogen (secondary N) is 2. The molecule has 0 unspecified atom stereocenters. The van der Waals surface area contributed by atoms with Crippen molar-refractivity contribution in [3.8, 4) is 0 Å². The summed E-state index contributed by atoms with van der Waals surface area (Å²) in [6.07, 6.45) is 1.85. The van der Waals surface area contributed by atoms with Crippen molar-refractivity contribution in [2.75, 3.05) is 10.6 Å². The lowest BCUT2D eigenvalue weighted by atomic mass is 10.1. The number of furan rings is 1. The van der Waals surface area contributed by atoms with E-state index in [2.05, 4.69) is 10.6 Å². The van der Waals surface area contributed by atoms with E-state index in [1.54, 1.807) is 37.3 Å². The van der Waals surface area contributed by atoms with Crippen LogP contribution < -0.4 is 10.6 Å². The highest BCUT2D eigenvalue weighted by Crippen LogP contribution is 2.24. The molecule has 2 amide bonds. The maximum absolute atomic E-state index is 11.9. The number of rotatable bonds is 4. The van der Waals surface area contributed by atoms with Gasteiger partial charge in [0.2, 0.25) is 5.91 Å². The first-order chi connectivity index (χ1) is 9.61. The molecule has 2 N–H and O–H groups in total. The van der Waals surface area contributed by atoms with Gasteiger partial charge in [0.15, 0.2) is 5.76 Å². The fourth-order valence-corrected chi connectivity index (χ4v) is 1.74. The van der Waals surface area contributed by atoms with Gasteiger partial charge in [0.1, 0.15) is 0 Å². The van der Waals surface area contributed by atoms with E-state index in [1.807, 2.05) is 6.92 Å². The van der Waals surface area contributed by atoms with Crippen LogP contribution in [0.3, 0.4) is 0 Å². The second-order valence-electron chi connectivity index (χ2n) is 4.31. The standard InChI is InChI=1S/C15H16N2O3/c1-3-14(18)16-11-6-4-7-12(10(11)2)17-15(19)13-8-5-9-20-13/h4-9H,3H2,1-2H3,(H,16,18)(H,17,19). The molecule has 2 rings (SSSR count). The van der Waals surface area contributed by atoms with Gasteiger partial charge in [-0.25, -0.2) is 0 Å². The normalized spacial score (nSPS) is 10.1. The number of carbonyl (C=O) groups is 2. The zero-order valence-corrected chi connectivity index (χ0v) is 11.4. The fraction of sp³-hybridized carbons (Fsp3) is 0.200. The molecule has 0 fully saturated rings. The van der Waals surface area contributed by atoms with Crippen LogP contribution in [-0.2, 0) is 4.79 Å². The molecule has 0 atom stereocenters. The predicted molar refractivity (Wildman–Crippen MR) is 76.8 cm³/mol. The smallest absolute Gasteiger partial charge is 0.291 e. The van der Waals surface area contributed by atoms with E-state index in [1.165, 1.54) is 6.26 Å². The van der Waals surface area contributed by atoms with Gasteiger partial charge in [0.25, 0.3) is 5.91 Å². The molecule has 5 heteroatoms. The molecule has 0 aliphatic heterocycles. The number of benzene rings is 1. The van der Waals surface area contributed by atoms with E-state index >= 15 is 0 Å². The van der Waals surface area contributed by atoms with E-state index in [-0.39, 0.29) is 17.6 Å². The van der Waals surface area contributed by atoms with Gasteiger partial charge in [0.05, 0.1) is 6.26 Å². The zero-order chi connectivity index (χ0) is 14.5. The zero-order valence-electron chi connectivity index (χ0n) is 11.4. The van der Waals surface area contributed by atoms with Crippen molar-refractivity contribution in [2.45, 2.75) is 20.3 Å². The molecule has 0 bridgehead atoms. The third kappa shape index (κ3) is 3.06. The first kappa shape index (κ1) is 13.9. The fourth-order valence-electron chi connectivity index (χ4n) is 1.74. The lowest BCUT2D eigenvalue weighted by Gasteiger charge is -2.12. The molecule has 1 aromatic carbocycles. The maximum Gasteiger partial charge on any atom is 0.291 e. The molecule has 2 aromatic rings. The molecule has 0 saturated heterocycles. The van der Waals surface area contributed by atoms with Gasteiger partial charge in [-0.15, -0.1) is 0 Å². The molecule has 0 aliphatic rings. The van der Waals surface area contributed by atoms with Crippen molar-refractivity contribution in [3.63, 3.8) is 0 Å². The number of carbonyl (C=O) groups excluding carboxylic acids is 2. The van der Waals surface area contributed by atoms with Crippen molar-refractivity contribution in [3.05, 3.63) is 47.9 Å². The van der Waals surface area contributed by atoms with E-state index in [4.69, 9.17) is 4.42 Å². The lowest BCUT2D eigenvalue weighted by Crippen LogP contribution is -2.14. The molecular weight excluding hydrogens is 256 g/mol. The summed E-state index contributed by atoms with van der Waals surface area (Å²) in [5, 5.41) is 5.55. The van der Waals surface area contributed by atoms with Crippen LogP contribution in [0.25, 0.3) is 0 Å². The Balaban J connectivity index is 2.18. The summed E-state index contributed by atoms with van der Waals surface area (Å²) < 4.78 is 5.04. The van der Waals surface area contributed by atoms with Crippen molar-refractivity contribution < 1.29 is 14.0 Å². The lowest BCUT2D eigenvalue weighted by molar-refractivity contribution is -0.115. The molecule has 0 spiro atoms. The minimum absolute atomic E-state index is 0.0670. The summed E-state index contributed by atoms with van der Waals surface area (Å²) in [5.41, 5.74) is 2.13. The van der Waals surface area contributed by atoms with Crippen molar-refractivity contribution in [2.24, 2.45) is 0 Å². The Morgan fingerprint density at radius 3 is 2.40 bits per heavy atom. The molecule has 20 heavy (non-hydrogen) atoms. The largest absolute Gasteiger partial charge is 0.459 e. The second kappa shape index (κ2) is 6.06. The van der Waals surface area contributed by atoms with Crippen LogP contribution in [0.5, 0.6) is 0 Å². The van der Waals surface area contributed by atoms with Crippen LogP contribution >= 0.6 is 0 Å². The average molecular weight is 272 g/mol. The quantitative estimate of drug-likeness (QED) is 0.897. The van der Waals surface area contributed by atoms with E-state index in [9.17, 15) is 9.59 Å². The van der Waals surface area contributed by atoms with Crippen molar-refractivity contribution in [1.82, 2.24) is 0 Å². The summed E-state index contributed by atoms with van der Waals surface area (Å²) in [4.78, 5) is 23.4. The monoisotopic (exact) mass is 272 g/mol. The Kier molecular flexibility index (Phi) is 4.20. The summed E-state index contributed by atoms with van der Waals surface area (Å²) in [5.74, 6) is -0.146. The maximum atomic E-state index is 11.9. The van der Waals surface area contributed by atoms with Crippen LogP contribution in [0.2, 0.25) is 0 Å². The van der Waals surface area contributed by atoms with Crippen LogP contribution in [0.15, 0.2) is 41.0 Å². The number of hydrogen-bond acceptors (Lipinski definition) is 3. The van der Waals surface area contributed by atoms with Gasteiger partial charge in [-0.2, -0.15) is 0 Å². The Bertz CT molecular complexity index is 618. The van der Waals surface area contributed by atoms with Gasteiger partial charge >= 0.3 is 0 Å². The van der Waals surface area contributed by atoms with Crippen LogP contribution in [0.1, 0.15) is 29.5 Å². The van der Waals surface area contributed by atoms with E-state index in [0.717, 1.165) is 5.56 Å². The van der Waals surface area contributed by atoms with Gasteiger partial charge < -0.3 is 15.1 Å². The number of amides is 2. The Hall–Kier alpha value is -2.56.